The number of benzene rings is 2. The van der Waals surface area contributed by atoms with E-state index in [0.29, 0.717) is 10.6 Å². The third kappa shape index (κ3) is 7.58. The molecule has 10 heteroatoms. The van der Waals surface area contributed by atoms with Crippen molar-refractivity contribution in [3.63, 3.8) is 0 Å². The fourth-order valence-electron chi connectivity index (χ4n) is 6.11. The summed E-state index contributed by atoms with van der Waals surface area (Å²) in [6.45, 7) is 6.83. The summed E-state index contributed by atoms with van der Waals surface area (Å²) in [4.78, 5) is 9.90. The van der Waals surface area contributed by atoms with Crippen LogP contribution in [0.2, 0.25) is 0 Å². The molecular weight excluding hydrogens is 563 g/mol. The van der Waals surface area contributed by atoms with Crippen LogP contribution in [0.15, 0.2) is 41.4 Å². The molecule has 0 atom stereocenters. The van der Waals surface area contributed by atoms with E-state index in [0.717, 1.165) is 113 Å². The first-order valence-corrected chi connectivity index (χ1v) is 15.7. The van der Waals surface area contributed by atoms with E-state index in [2.05, 4.69) is 15.9 Å². The van der Waals surface area contributed by atoms with Crippen molar-refractivity contribution in [3.8, 4) is 5.75 Å². The van der Waals surface area contributed by atoms with Crippen LogP contribution in [-0.2, 0) is 17.7 Å². The van der Waals surface area contributed by atoms with Crippen LogP contribution < -0.4 is 4.74 Å². The maximum absolute atomic E-state index is 13.5. The minimum absolute atomic E-state index is 0.113. The molecule has 3 aromatic rings. The van der Waals surface area contributed by atoms with Crippen molar-refractivity contribution in [1.29, 1.82) is 0 Å². The van der Waals surface area contributed by atoms with Crippen LogP contribution in [0.3, 0.4) is 0 Å². The predicted molar refractivity (Wildman–Crippen MR) is 160 cm³/mol. The van der Waals surface area contributed by atoms with Crippen LogP contribution in [0.25, 0.3) is 10.9 Å². The zero-order valence-electron chi connectivity index (χ0n) is 24.2. The van der Waals surface area contributed by atoms with Gasteiger partial charge < -0.3 is 19.5 Å². The third-order valence-electron chi connectivity index (χ3n) is 8.79. The van der Waals surface area contributed by atoms with Gasteiger partial charge >= 0.3 is 0 Å². The van der Waals surface area contributed by atoms with Crippen LogP contribution in [0, 0.1) is 22.9 Å². The second-order valence-electron chi connectivity index (χ2n) is 11.4. The monoisotopic (exact) mass is 603 g/mol. The van der Waals surface area contributed by atoms with Gasteiger partial charge in [-0.05, 0) is 92.1 Å². The van der Waals surface area contributed by atoms with E-state index in [1.54, 1.807) is 7.11 Å². The molecule has 5 rings (SSSR count). The number of aromatic nitrogens is 1. The van der Waals surface area contributed by atoms with Crippen molar-refractivity contribution in [1.82, 2.24) is 14.8 Å². The molecule has 0 saturated carbocycles. The molecule has 228 valence electrons. The Balaban J connectivity index is 1.18. The number of piperidine rings is 1. The van der Waals surface area contributed by atoms with Crippen LogP contribution in [0.4, 0.5) is 13.2 Å². The maximum Gasteiger partial charge on any atom is 0.194 e. The average Bonchev–Trinajstić information content (AvgIpc) is 3.01. The topological polar surface area (TPSA) is 58.1 Å². The molecule has 0 bridgehead atoms. The Hall–Kier alpha value is -2.37. The molecule has 1 N–H and O–H groups in total. The molecule has 0 amide bonds. The number of nitrogens with zero attached hydrogens (tertiary/aromatic N) is 3. The van der Waals surface area contributed by atoms with E-state index in [4.69, 9.17) is 14.5 Å². The number of hydrogen-bond donors (Lipinski definition) is 1. The van der Waals surface area contributed by atoms with Crippen LogP contribution in [0.1, 0.15) is 36.8 Å². The second-order valence-corrected chi connectivity index (χ2v) is 12.6. The first-order valence-electron chi connectivity index (χ1n) is 14.7. The normalized spacial score (nSPS) is 18.0. The molecule has 2 aliphatic heterocycles. The van der Waals surface area contributed by atoms with Crippen molar-refractivity contribution in [2.75, 3.05) is 65.4 Å². The Morgan fingerprint density at radius 1 is 1.02 bits per heavy atom. The summed E-state index contributed by atoms with van der Waals surface area (Å²) in [6, 6.07) is 8.15. The first-order chi connectivity index (χ1) is 20.4. The number of morpholine rings is 1. The number of thioether (sulfide) groups is 1. The molecule has 0 radical (unpaired) electrons. The fraction of sp³-hybridized carbons (Fsp3) is 0.531. The number of pyridine rings is 1. The molecule has 6 nitrogen and oxygen atoms in total. The van der Waals surface area contributed by atoms with Gasteiger partial charge in [0.1, 0.15) is 5.75 Å². The minimum Gasteiger partial charge on any atom is -0.497 e. The van der Waals surface area contributed by atoms with E-state index in [1.165, 1.54) is 22.9 Å². The second kappa shape index (κ2) is 14.4. The number of halogens is 3. The number of fused-ring (bicyclic) bond motifs is 1. The van der Waals surface area contributed by atoms with Crippen molar-refractivity contribution < 1.29 is 27.8 Å². The van der Waals surface area contributed by atoms with Crippen LogP contribution in [-0.4, -0.2) is 85.3 Å². The molecule has 1 aromatic heterocycles. The number of likely N-dealkylation sites (tertiary alicyclic amines) is 1. The number of methoxy groups -OCH3 is 1. The van der Waals surface area contributed by atoms with Crippen molar-refractivity contribution in [2.24, 2.45) is 5.41 Å². The number of aryl methyl sites for hydroxylation is 1. The summed E-state index contributed by atoms with van der Waals surface area (Å²) in [5, 5.41) is 11.6. The van der Waals surface area contributed by atoms with Crippen molar-refractivity contribution in [2.45, 2.75) is 43.5 Å². The van der Waals surface area contributed by atoms with Crippen LogP contribution >= 0.6 is 11.8 Å². The molecule has 0 aliphatic carbocycles. The molecular formula is C32H40F3N3O3S. The van der Waals surface area contributed by atoms with E-state index in [-0.39, 0.29) is 12.0 Å². The lowest BCUT2D eigenvalue weighted by atomic mass is 9.75. The maximum atomic E-state index is 13.5. The highest BCUT2D eigenvalue weighted by atomic mass is 32.2. The smallest absolute Gasteiger partial charge is 0.194 e. The Morgan fingerprint density at radius 2 is 1.76 bits per heavy atom. The molecule has 2 saturated heterocycles. The highest BCUT2D eigenvalue weighted by Gasteiger charge is 2.33. The third-order valence-corrected chi connectivity index (χ3v) is 9.75. The average molecular weight is 604 g/mol. The molecule has 2 fully saturated rings. The quantitative estimate of drug-likeness (QED) is 0.211. The predicted octanol–water partition coefficient (Wildman–Crippen LogP) is 5.68. The van der Waals surface area contributed by atoms with Gasteiger partial charge in [0.2, 0.25) is 0 Å². The fourth-order valence-corrected chi connectivity index (χ4v) is 7.07. The van der Waals surface area contributed by atoms with Gasteiger partial charge in [-0.3, -0.25) is 9.88 Å². The van der Waals surface area contributed by atoms with E-state index >= 15 is 0 Å². The lowest BCUT2D eigenvalue weighted by Crippen LogP contribution is -2.42. The SMILES string of the molecule is COc1ccc2ncc(CN3CCOCC3)c(CCCC3(CO)CCN(CCSc4cc(F)c(F)c(F)c4)CC3)c2c1. The largest absolute Gasteiger partial charge is 0.497 e. The first kappa shape index (κ1) is 31.1. The van der Waals surface area contributed by atoms with Gasteiger partial charge in [0, 0.05) is 55.0 Å². The summed E-state index contributed by atoms with van der Waals surface area (Å²) in [7, 11) is 1.68. The van der Waals surface area contributed by atoms with Gasteiger partial charge in [-0.25, -0.2) is 13.2 Å². The van der Waals surface area contributed by atoms with Gasteiger partial charge in [-0.1, -0.05) is 0 Å². The van der Waals surface area contributed by atoms with Gasteiger partial charge in [0.05, 0.1) is 25.8 Å². The summed E-state index contributed by atoms with van der Waals surface area (Å²) in [6.07, 6.45) is 6.62. The van der Waals surface area contributed by atoms with Gasteiger partial charge in [-0.15, -0.1) is 11.8 Å². The number of aliphatic hydroxyl groups excluding tert-OH is 1. The molecule has 42 heavy (non-hydrogen) atoms. The minimum atomic E-state index is -1.43. The summed E-state index contributed by atoms with van der Waals surface area (Å²) >= 11 is 1.32. The number of ether oxygens (including phenoxy) is 2. The zero-order valence-corrected chi connectivity index (χ0v) is 25.0. The Kier molecular flexibility index (Phi) is 10.7. The molecule has 3 heterocycles. The standard InChI is InChI=1S/C32H40F3N3O3S/c1-40-24-4-5-30-27(17-24)26(23(20-36-30)21-38-11-14-41-15-12-38)3-2-6-32(22-39)7-9-37(10-8-32)13-16-42-25-18-28(33)31(35)29(34)19-25/h4-5,17-20,39H,2-3,6-16,21-22H2,1H3. The number of rotatable bonds is 12. The van der Waals surface area contributed by atoms with Gasteiger partial charge in [0.15, 0.2) is 17.5 Å². The lowest BCUT2D eigenvalue weighted by molar-refractivity contribution is 0.0338. The van der Waals surface area contributed by atoms with E-state index < -0.39 is 17.5 Å². The van der Waals surface area contributed by atoms with Crippen LogP contribution in [0.5, 0.6) is 5.75 Å². The van der Waals surface area contributed by atoms with E-state index in [9.17, 15) is 18.3 Å². The molecule has 0 spiro atoms. The Morgan fingerprint density at radius 3 is 2.45 bits per heavy atom. The zero-order chi connectivity index (χ0) is 29.5. The van der Waals surface area contributed by atoms with Gasteiger partial charge in [-0.2, -0.15) is 0 Å². The summed E-state index contributed by atoms with van der Waals surface area (Å²) in [5.74, 6) is -2.27. The van der Waals surface area contributed by atoms with Gasteiger partial charge in [0.25, 0.3) is 0 Å². The van der Waals surface area contributed by atoms with Crippen molar-refractivity contribution >= 4 is 22.7 Å². The summed E-state index contributed by atoms with van der Waals surface area (Å²) in [5.41, 5.74) is 3.40. The van der Waals surface area contributed by atoms with Crippen molar-refractivity contribution in [3.05, 3.63) is 65.1 Å². The lowest BCUT2D eigenvalue weighted by Gasteiger charge is -2.41. The molecule has 0 unspecified atom stereocenters. The molecule has 2 aromatic carbocycles. The highest BCUT2D eigenvalue weighted by molar-refractivity contribution is 7.99. The summed E-state index contributed by atoms with van der Waals surface area (Å²) < 4.78 is 51.3. The number of hydrogen-bond acceptors (Lipinski definition) is 7. The van der Waals surface area contributed by atoms with E-state index in [1.807, 2.05) is 18.3 Å². The Labute approximate surface area is 250 Å². The Bertz CT molecular complexity index is 1320. The molecule has 2 aliphatic rings. The number of aliphatic hydroxyl groups is 1. The highest BCUT2D eigenvalue weighted by Crippen LogP contribution is 2.37.